The Morgan fingerprint density at radius 2 is 1.93 bits per heavy atom. The highest BCUT2D eigenvalue weighted by Crippen LogP contribution is 2.27. The van der Waals surface area contributed by atoms with E-state index in [2.05, 4.69) is 0 Å². The average molecular weight is 215 g/mol. The zero-order valence-electron chi connectivity index (χ0n) is 9.34. The number of hydrogen-bond donors (Lipinski definition) is 0. The van der Waals surface area contributed by atoms with Gasteiger partial charge in [-0.25, -0.2) is 8.78 Å². The van der Waals surface area contributed by atoms with E-state index in [-0.39, 0.29) is 17.0 Å². The van der Waals surface area contributed by atoms with Crippen molar-refractivity contribution in [3.63, 3.8) is 0 Å². The number of nitrogens with zero attached hydrogens (tertiary/aromatic N) is 1. The molecule has 0 aliphatic heterocycles. The van der Waals surface area contributed by atoms with Crippen LogP contribution in [0.3, 0.4) is 0 Å². The lowest BCUT2D eigenvalue weighted by Gasteiger charge is -2.15. The third kappa shape index (κ3) is 2.43. The molecule has 0 atom stereocenters. The smallest absolute Gasteiger partial charge is 0.271 e. The summed E-state index contributed by atoms with van der Waals surface area (Å²) in [6.07, 6.45) is 1.19. The Morgan fingerprint density at radius 1 is 1.40 bits per heavy atom. The van der Waals surface area contributed by atoms with Gasteiger partial charge in [0, 0.05) is 31.3 Å². The highest BCUT2D eigenvalue weighted by Gasteiger charge is 2.26. The van der Waals surface area contributed by atoms with Crippen LogP contribution in [0.4, 0.5) is 8.78 Å². The molecule has 0 bridgehead atoms. The molecule has 1 heterocycles. The van der Waals surface area contributed by atoms with Crippen LogP contribution in [-0.4, -0.2) is 4.57 Å². The molecule has 1 aromatic heterocycles. The molecule has 0 saturated carbocycles. The lowest BCUT2D eigenvalue weighted by Crippen LogP contribution is -2.24. The average Bonchev–Trinajstić information content (AvgIpc) is 2.06. The molecule has 0 spiro atoms. The molecule has 84 valence electrons. The van der Waals surface area contributed by atoms with Crippen molar-refractivity contribution in [3.8, 4) is 0 Å². The first kappa shape index (κ1) is 11.9. The Balaban J connectivity index is 3.43. The largest absolute Gasteiger partial charge is 0.318 e. The first-order valence-electron chi connectivity index (χ1n) is 4.82. The van der Waals surface area contributed by atoms with E-state index < -0.39 is 5.92 Å². The van der Waals surface area contributed by atoms with E-state index in [0.29, 0.717) is 5.56 Å². The van der Waals surface area contributed by atoms with E-state index in [0.717, 1.165) is 6.92 Å². The maximum atomic E-state index is 13.1. The van der Waals surface area contributed by atoms with Crippen LogP contribution >= 0.6 is 0 Å². The third-order valence-corrected chi connectivity index (χ3v) is 2.34. The summed E-state index contributed by atoms with van der Waals surface area (Å²) >= 11 is 0. The van der Waals surface area contributed by atoms with Crippen molar-refractivity contribution in [3.05, 3.63) is 33.7 Å². The molecule has 0 radical (unpaired) electrons. The van der Waals surface area contributed by atoms with Crippen LogP contribution in [0.2, 0.25) is 0 Å². The molecule has 0 unspecified atom stereocenters. The normalized spacial score (nSPS) is 12.2. The SMILES string of the molecule is CC(C)c1cc(C(C)(F)F)cn(C)c1=O. The standard InChI is InChI=1S/C11H15F2NO/c1-7(2)9-5-8(11(3,12)13)6-14(4)10(9)15/h5-7H,1-4H3. The van der Waals surface area contributed by atoms with Crippen molar-refractivity contribution in [2.24, 2.45) is 7.05 Å². The van der Waals surface area contributed by atoms with Gasteiger partial charge in [-0.3, -0.25) is 4.79 Å². The zero-order chi connectivity index (χ0) is 11.8. The molecule has 0 fully saturated rings. The molecule has 0 aliphatic rings. The van der Waals surface area contributed by atoms with Gasteiger partial charge in [0.1, 0.15) is 0 Å². The van der Waals surface area contributed by atoms with Gasteiger partial charge in [0.25, 0.3) is 11.5 Å². The lowest BCUT2D eigenvalue weighted by molar-refractivity contribution is 0.0166. The molecule has 1 aromatic rings. The Bertz CT molecular complexity index is 416. The zero-order valence-corrected chi connectivity index (χ0v) is 9.34. The molecule has 0 aromatic carbocycles. The Kier molecular flexibility index (Phi) is 2.98. The van der Waals surface area contributed by atoms with Crippen LogP contribution in [-0.2, 0) is 13.0 Å². The van der Waals surface area contributed by atoms with Crippen LogP contribution in [0.25, 0.3) is 0 Å². The van der Waals surface area contributed by atoms with Crippen molar-refractivity contribution in [1.29, 1.82) is 0 Å². The first-order chi connectivity index (χ1) is 6.73. The minimum absolute atomic E-state index is 0.0500. The van der Waals surface area contributed by atoms with Crippen LogP contribution in [0.5, 0.6) is 0 Å². The van der Waals surface area contributed by atoms with Gasteiger partial charge in [0.2, 0.25) is 0 Å². The van der Waals surface area contributed by atoms with Crippen molar-refractivity contribution < 1.29 is 8.78 Å². The van der Waals surface area contributed by atoms with Crippen LogP contribution < -0.4 is 5.56 Å². The molecular weight excluding hydrogens is 200 g/mol. The predicted octanol–water partition coefficient (Wildman–Crippen LogP) is 2.62. The number of alkyl halides is 2. The minimum Gasteiger partial charge on any atom is -0.318 e. The first-order valence-corrected chi connectivity index (χ1v) is 4.82. The van der Waals surface area contributed by atoms with E-state index in [9.17, 15) is 13.6 Å². The van der Waals surface area contributed by atoms with Crippen LogP contribution in [0, 0.1) is 0 Å². The Morgan fingerprint density at radius 3 is 2.33 bits per heavy atom. The van der Waals surface area contributed by atoms with Crippen molar-refractivity contribution in [1.82, 2.24) is 4.57 Å². The summed E-state index contributed by atoms with van der Waals surface area (Å²) in [6, 6.07) is 1.30. The summed E-state index contributed by atoms with van der Waals surface area (Å²) in [7, 11) is 1.49. The van der Waals surface area contributed by atoms with Crippen molar-refractivity contribution in [2.75, 3.05) is 0 Å². The number of pyridine rings is 1. The molecule has 15 heavy (non-hydrogen) atoms. The number of aromatic nitrogens is 1. The van der Waals surface area contributed by atoms with E-state index in [1.807, 2.05) is 13.8 Å². The van der Waals surface area contributed by atoms with Gasteiger partial charge >= 0.3 is 0 Å². The van der Waals surface area contributed by atoms with Gasteiger partial charge in [0.05, 0.1) is 0 Å². The van der Waals surface area contributed by atoms with E-state index in [1.165, 1.54) is 23.9 Å². The number of hydrogen-bond acceptors (Lipinski definition) is 1. The highest BCUT2D eigenvalue weighted by molar-refractivity contribution is 5.24. The summed E-state index contributed by atoms with van der Waals surface area (Å²) in [4.78, 5) is 11.6. The topological polar surface area (TPSA) is 22.0 Å². The van der Waals surface area contributed by atoms with Gasteiger partial charge in [-0.2, -0.15) is 0 Å². The second kappa shape index (κ2) is 3.76. The van der Waals surface area contributed by atoms with Gasteiger partial charge in [-0.05, 0) is 12.0 Å². The van der Waals surface area contributed by atoms with Crippen molar-refractivity contribution >= 4 is 0 Å². The molecule has 1 rings (SSSR count). The Labute approximate surface area is 87.5 Å². The number of aryl methyl sites for hydroxylation is 1. The number of rotatable bonds is 2. The summed E-state index contributed by atoms with van der Waals surface area (Å²) in [5, 5.41) is 0. The summed E-state index contributed by atoms with van der Waals surface area (Å²) < 4.78 is 27.4. The molecule has 0 saturated heterocycles. The second-order valence-corrected chi connectivity index (χ2v) is 4.14. The molecule has 2 nitrogen and oxygen atoms in total. The second-order valence-electron chi connectivity index (χ2n) is 4.14. The van der Waals surface area contributed by atoms with Gasteiger partial charge in [-0.15, -0.1) is 0 Å². The van der Waals surface area contributed by atoms with Crippen LogP contribution in [0.1, 0.15) is 37.8 Å². The van der Waals surface area contributed by atoms with Gasteiger partial charge in [-0.1, -0.05) is 13.8 Å². The monoisotopic (exact) mass is 215 g/mol. The van der Waals surface area contributed by atoms with E-state index >= 15 is 0 Å². The fourth-order valence-corrected chi connectivity index (χ4v) is 1.39. The fraction of sp³-hybridized carbons (Fsp3) is 0.545. The summed E-state index contributed by atoms with van der Waals surface area (Å²) in [6.45, 7) is 4.46. The quantitative estimate of drug-likeness (QED) is 0.743. The molecule has 0 aliphatic carbocycles. The van der Waals surface area contributed by atoms with E-state index in [4.69, 9.17) is 0 Å². The third-order valence-electron chi connectivity index (χ3n) is 2.34. The summed E-state index contributed by atoms with van der Waals surface area (Å²) in [5.74, 6) is -2.96. The van der Waals surface area contributed by atoms with Gasteiger partial charge < -0.3 is 4.57 Å². The van der Waals surface area contributed by atoms with E-state index in [1.54, 1.807) is 0 Å². The highest BCUT2D eigenvalue weighted by atomic mass is 19.3. The molecule has 4 heteroatoms. The maximum Gasteiger partial charge on any atom is 0.271 e. The van der Waals surface area contributed by atoms with Crippen LogP contribution in [0.15, 0.2) is 17.1 Å². The van der Waals surface area contributed by atoms with Gasteiger partial charge in [0.15, 0.2) is 0 Å². The minimum atomic E-state index is -2.91. The predicted molar refractivity (Wildman–Crippen MR) is 55.3 cm³/mol. The van der Waals surface area contributed by atoms with Crippen molar-refractivity contribution in [2.45, 2.75) is 32.6 Å². The fourth-order valence-electron chi connectivity index (χ4n) is 1.39. The maximum absolute atomic E-state index is 13.1. The molecule has 0 N–H and O–H groups in total. The molecular formula is C11H15F2NO. The molecule has 0 amide bonds. The number of halogens is 2. The Hall–Kier alpha value is -1.19. The lowest BCUT2D eigenvalue weighted by atomic mass is 10.0. The summed E-state index contributed by atoms with van der Waals surface area (Å²) in [5.41, 5.74) is 0.0998.